The van der Waals surface area contributed by atoms with Crippen molar-refractivity contribution in [3.8, 4) is 0 Å². The van der Waals surface area contributed by atoms with E-state index in [4.69, 9.17) is 0 Å². The topological polar surface area (TPSA) is 84.2 Å². The van der Waals surface area contributed by atoms with E-state index in [9.17, 15) is 10.1 Å². The molecular weight excluding hydrogens is 258 g/mol. The predicted octanol–water partition coefficient (Wildman–Crippen LogP) is 2.58. The van der Waals surface area contributed by atoms with Crippen LogP contribution < -0.4 is 10.2 Å². The third-order valence-corrected chi connectivity index (χ3v) is 2.74. The number of anilines is 3. The Kier molecular flexibility index (Phi) is 4.09. The molecule has 2 aromatic rings. The van der Waals surface area contributed by atoms with E-state index >= 15 is 0 Å². The van der Waals surface area contributed by atoms with E-state index in [1.54, 1.807) is 11.9 Å². The molecule has 0 spiro atoms. The van der Waals surface area contributed by atoms with Gasteiger partial charge >= 0.3 is 5.69 Å². The van der Waals surface area contributed by atoms with Crippen LogP contribution in [0.5, 0.6) is 0 Å². The Bertz CT molecular complexity index is 603. The fourth-order valence-electron chi connectivity index (χ4n) is 1.76. The van der Waals surface area contributed by atoms with E-state index in [1.165, 1.54) is 6.20 Å². The van der Waals surface area contributed by atoms with Crippen LogP contribution in [0.3, 0.4) is 0 Å². The first-order valence-corrected chi connectivity index (χ1v) is 6.17. The summed E-state index contributed by atoms with van der Waals surface area (Å²) in [7, 11) is 1.74. The zero-order valence-corrected chi connectivity index (χ0v) is 11.3. The molecule has 7 nitrogen and oxygen atoms in total. The van der Waals surface area contributed by atoms with E-state index in [2.05, 4.69) is 15.3 Å². The van der Waals surface area contributed by atoms with E-state index in [0.717, 1.165) is 5.69 Å². The highest BCUT2D eigenvalue weighted by Crippen LogP contribution is 2.30. The maximum atomic E-state index is 11.1. The molecule has 0 bridgehead atoms. The van der Waals surface area contributed by atoms with Gasteiger partial charge in [-0.3, -0.25) is 10.1 Å². The predicted molar refractivity (Wildman–Crippen MR) is 77.4 cm³/mol. The number of hydrogen-bond acceptors (Lipinski definition) is 6. The van der Waals surface area contributed by atoms with E-state index in [1.807, 2.05) is 37.3 Å². The Morgan fingerprint density at radius 1 is 1.35 bits per heavy atom. The van der Waals surface area contributed by atoms with Crippen LogP contribution in [0.1, 0.15) is 6.92 Å². The second kappa shape index (κ2) is 5.96. The van der Waals surface area contributed by atoms with E-state index in [0.29, 0.717) is 12.5 Å². The Morgan fingerprint density at radius 2 is 2.05 bits per heavy atom. The van der Waals surface area contributed by atoms with Crippen molar-refractivity contribution >= 4 is 23.1 Å². The second-order valence-corrected chi connectivity index (χ2v) is 4.08. The van der Waals surface area contributed by atoms with Gasteiger partial charge in [-0.25, -0.2) is 4.98 Å². The first-order valence-electron chi connectivity index (χ1n) is 6.17. The van der Waals surface area contributed by atoms with Crippen LogP contribution in [-0.4, -0.2) is 28.5 Å². The maximum Gasteiger partial charge on any atom is 0.330 e. The molecule has 104 valence electrons. The zero-order valence-electron chi connectivity index (χ0n) is 11.3. The first-order chi connectivity index (χ1) is 9.63. The summed E-state index contributed by atoms with van der Waals surface area (Å²) in [5.41, 5.74) is 0.690. The summed E-state index contributed by atoms with van der Waals surface area (Å²) in [5.74, 6) is 0.628. The Hall–Kier alpha value is -2.70. The molecule has 0 aliphatic carbocycles. The van der Waals surface area contributed by atoms with Crippen molar-refractivity contribution in [2.75, 3.05) is 23.8 Å². The third kappa shape index (κ3) is 2.82. The first kappa shape index (κ1) is 13.7. The zero-order chi connectivity index (χ0) is 14.5. The molecule has 7 heteroatoms. The minimum Gasteiger partial charge on any atom is -0.354 e. The molecule has 20 heavy (non-hydrogen) atoms. The lowest BCUT2D eigenvalue weighted by molar-refractivity contribution is -0.384. The Morgan fingerprint density at radius 3 is 2.65 bits per heavy atom. The van der Waals surface area contributed by atoms with Gasteiger partial charge in [-0.1, -0.05) is 18.2 Å². The largest absolute Gasteiger partial charge is 0.354 e. The molecule has 0 aliphatic rings. The van der Waals surface area contributed by atoms with Gasteiger partial charge in [0.25, 0.3) is 0 Å². The number of aromatic nitrogens is 2. The summed E-state index contributed by atoms with van der Waals surface area (Å²) in [6, 6.07) is 9.33. The lowest BCUT2D eigenvalue weighted by Gasteiger charge is -2.18. The Balaban J connectivity index is 2.46. The number of nitrogens with one attached hydrogen (secondary N) is 1. The molecule has 0 amide bonds. The van der Waals surface area contributed by atoms with Crippen molar-refractivity contribution in [2.45, 2.75) is 6.92 Å². The van der Waals surface area contributed by atoms with Crippen molar-refractivity contribution in [3.05, 3.63) is 46.6 Å². The molecule has 0 radical (unpaired) electrons. The fraction of sp³-hybridized carbons (Fsp3) is 0.231. The number of rotatable bonds is 5. The van der Waals surface area contributed by atoms with Gasteiger partial charge in [0.1, 0.15) is 6.20 Å². The fourth-order valence-corrected chi connectivity index (χ4v) is 1.76. The smallest absolute Gasteiger partial charge is 0.330 e. The average molecular weight is 273 g/mol. The summed E-state index contributed by atoms with van der Waals surface area (Å²) in [6.07, 6.45) is 1.22. The third-order valence-electron chi connectivity index (χ3n) is 2.74. The molecule has 0 saturated carbocycles. The van der Waals surface area contributed by atoms with Crippen LogP contribution in [0.2, 0.25) is 0 Å². The molecule has 0 saturated heterocycles. The van der Waals surface area contributed by atoms with Gasteiger partial charge in [-0.05, 0) is 19.1 Å². The van der Waals surface area contributed by atoms with Crippen molar-refractivity contribution in [1.82, 2.24) is 9.97 Å². The molecular formula is C13H15N5O2. The summed E-state index contributed by atoms with van der Waals surface area (Å²) in [5, 5.41) is 14.1. The van der Waals surface area contributed by atoms with Crippen LogP contribution in [0.15, 0.2) is 36.5 Å². The van der Waals surface area contributed by atoms with Crippen LogP contribution in [0.25, 0.3) is 0 Å². The Labute approximate surface area is 116 Å². The highest BCUT2D eigenvalue weighted by atomic mass is 16.6. The molecule has 0 aliphatic heterocycles. The van der Waals surface area contributed by atoms with Crippen molar-refractivity contribution in [1.29, 1.82) is 0 Å². The second-order valence-electron chi connectivity index (χ2n) is 4.08. The van der Waals surface area contributed by atoms with Gasteiger partial charge in [0.05, 0.1) is 4.92 Å². The van der Waals surface area contributed by atoms with Gasteiger partial charge in [0, 0.05) is 19.3 Å². The van der Waals surface area contributed by atoms with E-state index < -0.39 is 4.92 Å². The molecule has 0 fully saturated rings. The SMILES string of the molecule is CCNc1ncc([N+](=O)[O-])c(N(C)c2ccccc2)n1. The summed E-state index contributed by atoms with van der Waals surface area (Å²) in [6.45, 7) is 2.55. The van der Waals surface area contributed by atoms with Gasteiger partial charge in [0.2, 0.25) is 11.8 Å². The highest BCUT2D eigenvalue weighted by Gasteiger charge is 2.21. The minimum atomic E-state index is -0.482. The van der Waals surface area contributed by atoms with Crippen LogP contribution in [0.4, 0.5) is 23.1 Å². The van der Waals surface area contributed by atoms with Crippen LogP contribution in [-0.2, 0) is 0 Å². The van der Waals surface area contributed by atoms with Gasteiger partial charge in [-0.2, -0.15) is 4.98 Å². The standard InChI is InChI=1S/C13H15N5O2/c1-3-14-13-15-9-11(18(19)20)12(16-13)17(2)10-7-5-4-6-8-10/h4-9H,3H2,1-2H3,(H,14,15,16). The normalized spacial score (nSPS) is 10.1. The maximum absolute atomic E-state index is 11.1. The van der Waals surface area contributed by atoms with Crippen LogP contribution >= 0.6 is 0 Å². The molecule has 0 unspecified atom stereocenters. The minimum absolute atomic E-state index is 0.127. The van der Waals surface area contributed by atoms with Gasteiger partial charge in [0.15, 0.2) is 0 Å². The van der Waals surface area contributed by atoms with Crippen molar-refractivity contribution in [2.24, 2.45) is 0 Å². The molecule has 2 rings (SSSR count). The number of benzene rings is 1. The van der Waals surface area contributed by atoms with E-state index in [-0.39, 0.29) is 11.5 Å². The monoisotopic (exact) mass is 273 g/mol. The highest BCUT2D eigenvalue weighted by molar-refractivity contribution is 5.68. The van der Waals surface area contributed by atoms with Gasteiger partial charge < -0.3 is 10.2 Å². The summed E-state index contributed by atoms with van der Waals surface area (Å²) >= 11 is 0. The number of para-hydroxylation sites is 1. The molecule has 1 aromatic carbocycles. The van der Waals surface area contributed by atoms with Crippen molar-refractivity contribution < 1.29 is 4.92 Å². The molecule has 0 atom stereocenters. The summed E-state index contributed by atoms with van der Waals surface area (Å²) < 4.78 is 0. The number of nitrogens with zero attached hydrogens (tertiary/aromatic N) is 4. The molecule has 1 heterocycles. The van der Waals surface area contributed by atoms with Crippen LogP contribution in [0, 0.1) is 10.1 Å². The molecule has 1 aromatic heterocycles. The lowest BCUT2D eigenvalue weighted by Crippen LogP contribution is -2.15. The number of nitro groups is 1. The lowest BCUT2D eigenvalue weighted by atomic mass is 10.3. The summed E-state index contributed by atoms with van der Waals surface area (Å²) in [4.78, 5) is 20.4. The average Bonchev–Trinajstić information content (AvgIpc) is 2.47. The molecule has 1 N–H and O–H groups in total. The van der Waals surface area contributed by atoms with Crippen molar-refractivity contribution in [3.63, 3.8) is 0 Å². The quantitative estimate of drug-likeness (QED) is 0.665. The number of hydrogen-bond donors (Lipinski definition) is 1. The van der Waals surface area contributed by atoms with Gasteiger partial charge in [-0.15, -0.1) is 0 Å².